The lowest BCUT2D eigenvalue weighted by atomic mass is 10.0. The number of hydrogen-bond donors (Lipinski definition) is 3. The van der Waals surface area contributed by atoms with Gasteiger partial charge in [0.25, 0.3) is 5.69 Å². The van der Waals surface area contributed by atoms with Gasteiger partial charge in [-0.1, -0.05) is 0 Å². The summed E-state index contributed by atoms with van der Waals surface area (Å²) >= 11 is 0. The molecule has 3 N–H and O–H groups in total. The number of nitrogens with one attached hydrogen (secondary N) is 3. The minimum atomic E-state index is -0.582. The Morgan fingerprint density at radius 1 is 1.38 bits per heavy atom. The Hall–Kier alpha value is -2.88. The van der Waals surface area contributed by atoms with E-state index in [0.29, 0.717) is 17.7 Å². The Morgan fingerprint density at radius 3 is 2.72 bits per heavy atom. The molecule has 1 unspecified atom stereocenters. The zero-order valence-electron chi connectivity index (χ0n) is 16.9. The van der Waals surface area contributed by atoms with Crippen LogP contribution in [0.3, 0.4) is 0 Å². The Balaban J connectivity index is 2.15. The number of nitrogens with zero attached hydrogens (tertiary/aromatic N) is 1. The maximum Gasteiger partial charge on any atom is 0.278 e. The van der Waals surface area contributed by atoms with E-state index in [-0.39, 0.29) is 42.3 Å². The van der Waals surface area contributed by atoms with Crippen LogP contribution in [0.2, 0.25) is 0 Å². The zero-order valence-corrected chi connectivity index (χ0v) is 16.9. The molecule has 1 aromatic rings. The van der Waals surface area contributed by atoms with Gasteiger partial charge in [0.05, 0.1) is 42.4 Å². The van der Waals surface area contributed by atoms with Crippen LogP contribution in [0.1, 0.15) is 44.2 Å². The molecular weight excluding hydrogens is 380 g/mol. The zero-order chi connectivity index (χ0) is 21.4. The first kappa shape index (κ1) is 22.4. The van der Waals surface area contributed by atoms with Crippen molar-refractivity contribution in [2.24, 2.45) is 0 Å². The summed E-state index contributed by atoms with van der Waals surface area (Å²) in [6.45, 7) is 2.69. The quantitative estimate of drug-likeness (QED) is 0.303. The van der Waals surface area contributed by atoms with E-state index in [2.05, 4.69) is 16.0 Å². The van der Waals surface area contributed by atoms with Crippen LogP contribution in [-0.2, 0) is 9.59 Å². The number of methoxy groups -OCH3 is 1. The van der Waals surface area contributed by atoms with Gasteiger partial charge in [0.15, 0.2) is 11.5 Å². The molecular formula is C19H28N4O6. The highest BCUT2D eigenvalue weighted by atomic mass is 16.6. The molecule has 10 heteroatoms. The molecule has 1 fully saturated rings. The van der Waals surface area contributed by atoms with Gasteiger partial charge in [0.1, 0.15) is 0 Å². The van der Waals surface area contributed by atoms with Crippen molar-refractivity contribution in [3.8, 4) is 11.5 Å². The largest absolute Gasteiger partial charge is 0.493 e. The molecule has 29 heavy (non-hydrogen) atoms. The lowest BCUT2D eigenvalue weighted by Crippen LogP contribution is -2.41. The first-order valence-corrected chi connectivity index (χ1v) is 9.60. The third kappa shape index (κ3) is 6.05. The maximum absolute atomic E-state index is 12.4. The Kier molecular flexibility index (Phi) is 8.20. The first-order chi connectivity index (χ1) is 13.9. The van der Waals surface area contributed by atoms with Gasteiger partial charge in [-0.05, 0) is 38.8 Å². The molecule has 1 aliphatic heterocycles. The van der Waals surface area contributed by atoms with Crippen molar-refractivity contribution < 1.29 is 24.0 Å². The minimum Gasteiger partial charge on any atom is -0.493 e. The minimum absolute atomic E-state index is 0.108. The summed E-state index contributed by atoms with van der Waals surface area (Å²) in [6, 6.07) is 1.95. The Labute approximate surface area is 169 Å². The number of carbonyl (C=O) groups excluding carboxylic acids is 2. The number of carbonyl (C=O) groups is 2. The number of benzene rings is 1. The fourth-order valence-electron chi connectivity index (χ4n) is 3.18. The van der Waals surface area contributed by atoms with E-state index in [1.807, 2.05) is 0 Å². The number of amides is 2. The molecule has 1 saturated heterocycles. The third-order valence-corrected chi connectivity index (χ3v) is 4.80. The van der Waals surface area contributed by atoms with Gasteiger partial charge in [0, 0.05) is 13.5 Å². The molecule has 1 aromatic carbocycles. The number of rotatable bonds is 10. The third-order valence-electron chi connectivity index (χ3n) is 4.80. The summed E-state index contributed by atoms with van der Waals surface area (Å²) in [5.41, 5.74) is 0.162. The molecule has 0 aliphatic carbocycles. The SMILES string of the molecule is CNC(=O)CCCOc1cc([N+](=O)[O-])c(C(C)NC(=O)[C@@H]2CCCN2)cc1OC. The summed E-state index contributed by atoms with van der Waals surface area (Å²) < 4.78 is 10.9. The van der Waals surface area contributed by atoms with Gasteiger partial charge in [-0.2, -0.15) is 0 Å². The Morgan fingerprint density at radius 2 is 2.14 bits per heavy atom. The average molecular weight is 408 g/mol. The van der Waals surface area contributed by atoms with E-state index in [4.69, 9.17) is 9.47 Å². The van der Waals surface area contributed by atoms with Crippen LogP contribution in [0.15, 0.2) is 12.1 Å². The molecule has 1 aliphatic rings. The van der Waals surface area contributed by atoms with Crippen molar-refractivity contribution in [3.05, 3.63) is 27.8 Å². The van der Waals surface area contributed by atoms with Crippen molar-refractivity contribution in [2.45, 2.75) is 44.7 Å². The van der Waals surface area contributed by atoms with Crippen LogP contribution in [0.5, 0.6) is 11.5 Å². The van der Waals surface area contributed by atoms with Crippen molar-refractivity contribution in [1.29, 1.82) is 0 Å². The smallest absolute Gasteiger partial charge is 0.278 e. The van der Waals surface area contributed by atoms with Gasteiger partial charge in [-0.25, -0.2) is 0 Å². The number of hydrogen-bond acceptors (Lipinski definition) is 7. The molecule has 0 saturated carbocycles. The molecule has 2 atom stereocenters. The van der Waals surface area contributed by atoms with Crippen LogP contribution < -0.4 is 25.4 Å². The molecule has 2 amide bonds. The molecule has 0 spiro atoms. The topological polar surface area (TPSA) is 132 Å². The van der Waals surface area contributed by atoms with E-state index in [9.17, 15) is 19.7 Å². The molecule has 160 valence electrons. The van der Waals surface area contributed by atoms with E-state index >= 15 is 0 Å². The van der Waals surface area contributed by atoms with Gasteiger partial charge in [-0.3, -0.25) is 19.7 Å². The van der Waals surface area contributed by atoms with Gasteiger partial charge >= 0.3 is 0 Å². The molecule has 0 aromatic heterocycles. The number of ether oxygens (including phenoxy) is 2. The molecule has 0 bridgehead atoms. The van der Waals surface area contributed by atoms with E-state index in [1.54, 1.807) is 14.0 Å². The van der Waals surface area contributed by atoms with Crippen molar-refractivity contribution in [3.63, 3.8) is 0 Å². The molecule has 2 rings (SSSR count). The average Bonchev–Trinajstić information content (AvgIpc) is 3.25. The molecule has 10 nitrogen and oxygen atoms in total. The summed E-state index contributed by atoms with van der Waals surface area (Å²) in [7, 11) is 2.99. The second-order valence-corrected chi connectivity index (χ2v) is 6.82. The van der Waals surface area contributed by atoms with Crippen LogP contribution in [0, 0.1) is 10.1 Å². The molecule has 1 heterocycles. The van der Waals surface area contributed by atoms with Crippen molar-refractivity contribution >= 4 is 17.5 Å². The van der Waals surface area contributed by atoms with Crippen LogP contribution in [-0.4, -0.2) is 50.1 Å². The summed E-state index contributed by atoms with van der Waals surface area (Å²) in [5.74, 6) is 0.252. The predicted octanol–water partition coefficient (Wildman–Crippen LogP) is 1.44. The maximum atomic E-state index is 12.4. The Bertz CT molecular complexity index is 748. The monoisotopic (exact) mass is 408 g/mol. The highest BCUT2D eigenvalue weighted by Gasteiger charge is 2.28. The number of nitro benzene ring substituents is 1. The standard InChI is InChI=1S/C19H28N4O6/c1-12(22-19(25)14-6-4-8-21-14)13-10-16(28-3)17(11-15(13)23(26)27)29-9-5-7-18(24)20-2/h10-12,14,21H,4-9H2,1-3H3,(H,20,24)(H,22,25)/t12?,14-/m0/s1. The van der Waals surface area contributed by atoms with E-state index in [0.717, 1.165) is 19.4 Å². The summed E-state index contributed by atoms with van der Waals surface area (Å²) in [5, 5.41) is 20.1. The summed E-state index contributed by atoms with van der Waals surface area (Å²) in [4.78, 5) is 34.7. The van der Waals surface area contributed by atoms with Crippen LogP contribution in [0.25, 0.3) is 0 Å². The van der Waals surface area contributed by atoms with Gasteiger partial charge < -0.3 is 25.4 Å². The number of nitro groups is 1. The molecule has 0 radical (unpaired) electrons. The second-order valence-electron chi connectivity index (χ2n) is 6.82. The highest BCUT2D eigenvalue weighted by Crippen LogP contribution is 2.37. The van der Waals surface area contributed by atoms with Crippen LogP contribution >= 0.6 is 0 Å². The highest BCUT2D eigenvalue weighted by molar-refractivity contribution is 5.82. The lowest BCUT2D eigenvalue weighted by molar-refractivity contribution is -0.385. The lowest BCUT2D eigenvalue weighted by Gasteiger charge is -2.19. The van der Waals surface area contributed by atoms with Gasteiger partial charge in [0.2, 0.25) is 11.8 Å². The van der Waals surface area contributed by atoms with E-state index < -0.39 is 11.0 Å². The fourth-order valence-corrected chi connectivity index (χ4v) is 3.18. The van der Waals surface area contributed by atoms with E-state index in [1.165, 1.54) is 19.2 Å². The fraction of sp³-hybridized carbons (Fsp3) is 0.579. The second kappa shape index (κ2) is 10.6. The van der Waals surface area contributed by atoms with Gasteiger partial charge in [-0.15, -0.1) is 0 Å². The van der Waals surface area contributed by atoms with Crippen molar-refractivity contribution in [2.75, 3.05) is 27.3 Å². The first-order valence-electron chi connectivity index (χ1n) is 9.60. The van der Waals surface area contributed by atoms with Crippen molar-refractivity contribution in [1.82, 2.24) is 16.0 Å². The predicted molar refractivity (Wildman–Crippen MR) is 106 cm³/mol. The van der Waals surface area contributed by atoms with Crippen LogP contribution in [0.4, 0.5) is 5.69 Å². The summed E-state index contributed by atoms with van der Waals surface area (Å²) in [6.07, 6.45) is 2.41. The normalized spacial score (nSPS) is 16.7.